The van der Waals surface area contributed by atoms with E-state index in [0.29, 0.717) is 10.8 Å². The molecule has 34 heavy (non-hydrogen) atoms. The monoisotopic (exact) mass is 475 g/mol. The second-order valence-corrected chi connectivity index (χ2v) is 9.20. The topological polar surface area (TPSA) is 63.9 Å². The van der Waals surface area contributed by atoms with Gasteiger partial charge in [0.25, 0.3) is 5.56 Å². The first-order valence-corrected chi connectivity index (χ1v) is 11.9. The lowest BCUT2D eigenvalue weighted by atomic mass is 9.98. The third kappa shape index (κ3) is 4.82. The van der Waals surface area contributed by atoms with Crippen LogP contribution in [0.25, 0.3) is 16.7 Å². The quantitative estimate of drug-likeness (QED) is 0.466. The zero-order chi connectivity index (χ0) is 24.4. The smallest absolute Gasteiger partial charge is 0.253 e. The van der Waals surface area contributed by atoms with Crippen molar-refractivity contribution in [3.8, 4) is 11.1 Å². The summed E-state index contributed by atoms with van der Waals surface area (Å²) in [6.07, 6.45) is 9.40. The minimum absolute atomic E-state index is 0.0447. The van der Waals surface area contributed by atoms with Crippen molar-refractivity contribution in [1.82, 2.24) is 24.4 Å². The molecule has 4 rings (SSSR count). The summed E-state index contributed by atoms with van der Waals surface area (Å²) in [5.41, 5.74) is 8.30. The zero-order valence-electron chi connectivity index (χ0n) is 20.4. The molecule has 0 amide bonds. The van der Waals surface area contributed by atoms with Crippen LogP contribution in [-0.2, 0) is 20.0 Å². The molecular weight excluding hydrogens is 446 g/mol. The number of nitrogens with zero attached hydrogens (tertiary/aromatic N) is 5. The van der Waals surface area contributed by atoms with Gasteiger partial charge in [0.2, 0.25) is 0 Å². The molecule has 0 fully saturated rings. The lowest BCUT2D eigenvalue weighted by Crippen LogP contribution is -2.31. The maximum atomic E-state index is 12.3. The van der Waals surface area contributed by atoms with Crippen molar-refractivity contribution < 1.29 is 0 Å². The summed E-state index contributed by atoms with van der Waals surface area (Å²) in [7, 11) is 1.78. The SMILES string of the molecule is CC/C=C(/C(C)=C(/C)c1nc(C)cc(=O)n1C)N1CCc2ncc(-c3cncc(Cl)c3)cc2C1. The summed E-state index contributed by atoms with van der Waals surface area (Å²) in [4.78, 5) is 28.4. The Labute approximate surface area is 205 Å². The number of hydrogen-bond acceptors (Lipinski definition) is 5. The highest BCUT2D eigenvalue weighted by atomic mass is 35.5. The van der Waals surface area contributed by atoms with Gasteiger partial charge >= 0.3 is 0 Å². The van der Waals surface area contributed by atoms with Crippen LogP contribution in [0.2, 0.25) is 5.02 Å². The molecule has 1 aliphatic heterocycles. The Kier molecular flexibility index (Phi) is 6.98. The van der Waals surface area contributed by atoms with Crippen molar-refractivity contribution in [2.45, 2.75) is 47.1 Å². The van der Waals surface area contributed by atoms with Crippen molar-refractivity contribution >= 4 is 17.2 Å². The number of hydrogen-bond donors (Lipinski definition) is 0. The van der Waals surface area contributed by atoms with Crippen LogP contribution in [0.3, 0.4) is 0 Å². The van der Waals surface area contributed by atoms with Gasteiger partial charge < -0.3 is 4.90 Å². The average molecular weight is 476 g/mol. The van der Waals surface area contributed by atoms with Gasteiger partial charge in [0.1, 0.15) is 5.82 Å². The van der Waals surface area contributed by atoms with Gasteiger partial charge in [0.05, 0.1) is 5.02 Å². The molecule has 6 nitrogen and oxygen atoms in total. The molecule has 0 spiro atoms. The zero-order valence-corrected chi connectivity index (χ0v) is 21.1. The van der Waals surface area contributed by atoms with Gasteiger partial charge in [-0.3, -0.25) is 19.3 Å². The highest BCUT2D eigenvalue weighted by Crippen LogP contribution is 2.31. The van der Waals surface area contributed by atoms with E-state index in [1.54, 1.807) is 23.9 Å². The minimum Gasteiger partial charge on any atom is -0.367 e. The van der Waals surface area contributed by atoms with Gasteiger partial charge in [-0.05, 0) is 56.0 Å². The molecule has 0 bridgehead atoms. The Bertz CT molecular complexity index is 1360. The number of aromatic nitrogens is 4. The predicted octanol–water partition coefficient (Wildman–Crippen LogP) is 5.34. The summed E-state index contributed by atoms with van der Waals surface area (Å²) in [6, 6.07) is 5.68. The Hall–Kier alpha value is -3.25. The second kappa shape index (κ2) is 9.94. The molecule has 7 heteroatoms. The molecule has 3 aromatic heterocycles. The van der Waals surface area contributed by atoms with Crippen LogP contribution >= 0.6 is 11.6 Å². The Morgan fingerprint density at radius 3 is 2.65 bits per heavy atom. The van der Waals surface area contributed by atoms with E-state index in [1.807, 2.05) is 32.3 Å². The number of rotatable bonds is 5. The Morgan fingerprint density at radius 2 is 1.91 bits per heavy atom. The van der Waals surface area contributed by atoms with Crippen molar-refractivity contribution in [1.29, 1.82) is 0 Å². The van der Waals surface area contributed by atoms with Gasteiger partial charge in [-0.15, -0.1) is 0 Å². The fourth-order valence-corrected chi connectivity index (χ4v) is 4.60. The van der Waals surface area contributed by atoms with E-state index >= 15 is 0 Å². The first kappa shape index (κ1) is 23.9. The number of aryl methyl sites for hydroxylation is 1. The molecule has 3 aromatic rings. The Balaban J connectivity index is 1.70. The van der Waals surface area contributed by atoms with Crippen molar-refractivity contribution in [2.24, 2.45) is 7.05 Å². The van der Waals surface area contributed by atoms with E-state index in [0.717, 1.165) is 59.6 Å². The van der Waals surface area contributed by atoms with Gasteiger partial charge in [0, 0.05) is 79.4 Å². The Morgan fingerprint density at radius 1 is 1.15 bits per heavy atom. The molecule has 0 unspecified atom stereocenters. The van der Waals surface area contributed by atoms with E-state index in [9.17, 15) is 4.79 Å². The molecule has 0 radical (unpaired) electrons. The number of allylic oxidation sites excluding steroid dienone is 3. The maximum Gasteiger partial charge on any atom is 0.253 e. The van der Waals surface area contributed by atoms with E-state index < -0.39 is 0 Å². The van der Waals surface area contributed by atoms with Crippen LogP contribution in [0, 0.1) is 6.92 Å². The van der Waals surface area contributed by atoms with Crippen LogP contribution in [-0.4, -0.2) is 31.0 Å². The standard InChI is InChI=1S/C27H30ClN5O/c1-6-7-25(18(3)19(4)27-31-17(2)10-26(34)32(27)5)33-9-8-24-22(16-33)11-20(14-30-24)21-12-23(28)15-29-13-21/h7,10-15H,6,8-9,16H2,1-5H3/b19-18-,25-7-. The molecule has 176 valence electrons. The van der Waals surface area contributed by atoms with Crippen LogP contribution in [0.5, 0.6) is 0 Å². The van der Waals surface area contributed by atoms with Crippen LogP contribution < -0.4 is 5.56 Å². The average Bonchev–Trinajstić information content (AvgIpc) is 2.83. The first-order valence-electron chi connectivity index (χ1n) is 11.5. The fourth-order valence-electron chi connectivity index (χ4n) is 4.42. The maximum absolute atomic E-state index is 12.3. The normalized spacial score (nSPS) is 14.6. The molecule has 0 saturated heterocycles. The number of fused-ring (bicyclic) bond motifs is 1. The van der Waals surface area contributed by atoms with Crippen LogP contribution in [0.4, 0.5) is 0 Å². The molecule has 0 atom stereocenters. The molecule has 1 aliphatic rings. The first-order chi connectivity index (χ1) is 16.3. The van der Waals surface area contributed by atoms with Gasteiger partial charge in [-0.1, -0.05) is 24.6 Å². The lowest BCUT2D eigenvalue weighted by molar-refractivity contribution is 0.324. The van der Waals surface area contributed by atoms with Crippen molar-refractivity contribution in [2.75, 3.05) is 6.54 Å². The molecule has 4 heterocycles. The number of halogens is 1. The molecule has 0 saturated carbocycles. The number of pyridine rings is 2. The molecule has 0 aliphatic carbocycles. The summed E-state index contributed by atoms with van der Waals surface area (Å²) < 4.78 is 1.62. The molecule has 0 aromatic carbocycles. The van der Waals surface area contributed by atoms with Crippen LogP contribution in [0.1, 0.15) is 50.0 Å². The van der Waals surface area contributed by atoms with Gasteiger partial charge in [-0.2, -0.15) is 0 Å². The summed E-state index contributed by atoms with van der Waals surface area (Å²) in [5, 5.41) is 0.611. The summed E-state index contributed by atoms with van der Waals surface area (Å²) in [5.74, 6) is 0.708. The van der Waals surface area contributed by atoms with E-state index in [2.05, 4.69) is 40.9 Å². The van der Waals surface area contributed by atoms with Gasteiger partial charge in [0.15, 0.2) is 0 Å². The highest BCUT2D eigenvalue weighted by molar-refractivity contribution is 6.30. The minimum atomic E-state index is -0.0447. The second-order valence-electron chi connectivity index (χ2n) is 8.76. The van der Waals surface area contributed by atoms with E-state index in [4.69, 9.17) is 16.6 Å². The third-order valence-electron chi connectivity index (χ3n) is 6.36. The van der Waals surface area contributed by atoms with E-state index in [-0.39, 0.29) is 5.56 Å². The third-order valence-corrected chi connectivity index (χ3v) is 6.57. The van der Waals surface area contributed by atoms with Crippen molar-refractivity contribution in [3.05, 3.63) is 92.3 Å². The summed E-state index contributed by atoms with van der Waals surface area (Å²) >= 11 is 6.15. The fraction of sp³-hybridized carbons (Fsp3) is 0.333. The largest absolute Gasteiger partial charge is 0.367 e. The predicted molar refractivity (Wildman–Crippen MR) is 137 cm³/mol. The highest BCUT2D eigenvalue weighted by Gasteiger charge is 2.22. The van der Waals surface area contributed by atoms with Gasteiger partial charge in [-0.25, -0.2) is 4.98 Å². The van der Waals surface area contributed by atoms with E-state index in [1.165, 1.54) is 11.3 Å². The summed E-state index contributed by atoms with van der Waals surface area (Å²) in [6.45, 7) is 9.82. The van der Waals surface area contributed by atoms with Crippen LogP contribution in [0.15, 0.2) is 58.9 Å². The molecular formula is C27H30ClN5O. The van der Waals surface area contributed by atoms with Crippen molar-refractivity contribution in [3.63, 3.8) is 0 Å². The molecule has 0 N–H and O–H groups in total. The lowest BCUT2D eigenvalue weighted by Gasteiger charge is -2.33.